The third kappa shape index (κ3) is 3.39. The molecule has 2 aromatic rings. The molecule has 2 heterocycles. The van der Waals surface area contributed by atoms with Crippen LogP contribution in [0.2, 0.25) is 0 Å². The Balaban J connectivity index is 2.06. The molecule has 0 saturated heterocycles. The first-order chi connectivity index (χ1) is 12.2. The minimum Gasteiger partial charge on any atom is -0.497 e. The van der Waals surface area contributed by atoms with Crippen molar-refractivity contribution in [2.45, 2.75) is 12.6 Å². The molecule has 1 aromatic heterocycles. The number of rotatable bonds is 5. The molecule has 0 radical (unpaired) electrons. The number of nitrogens with zero attached hydrogens (tertiary/aromatic N) is 2. The molecule has 1 aromatic carbocycles. The smallest absolute Gasteiger partial charge is 0.318 e. The van der Waals surface area contributed by atoms with Gasteiger partial charge in [0.2, 0.25) is 0 Å². The number of halogens is 1. The van der Waals surface area contributed by atoms with Crippen molar-refractivity contribution in [1.29, 1.82) is 0 Å². The average molecular weight is 364 g/mol. The van der Waals surface area contributed by atoms with Gasteiger partial charge in [0.15, 0.2) is 0 Å². The minimum absolute atomic E-state index is 0.136. The highest BCUT2D eigenvalue weighted by Crippen LogP contribution is 2.39. The van der Waals surface area contributed by atoms with Crippen molar-refractivity contribution < 1.29 is 14.3 Å². The number of carbonyl (C=O) groups excluding carboxylic acids is 1. The summed E-state index contributed by atoms with van der Waals surface area (Å²) in [5.41, 5.74) is 1.93. The Hall–Kier alpha value is -2.34. The lowest BCUT2D eigenvalue weighted by Crippen LogP contribution is -2.47. The third-order valence-electron chi connectivity index (χ3n) is 4.40. The van der Waals surface area contributed by atoms with Crippen LogP contribution in [0.25, 0.3) is 0 Å². The van der Waals surface area contributed by atoms with E-state index in [1.165, 1.54) is 0 Å². The zero-order valence-electron chi connectivity index (χ0n) is 14.4. The van der Waals surface area contributed by atoms with Crippen LogP contribution >= 0.6 is 11.6 Å². The number of alkyl halides is 1. The van der Waals surface area contributed by atoms with Crippen molar-refractivity contribution in [2.75, 3.05) is 33.2 Å². The molecule has 25 heavy (non-hydrogen) atoms. The molecule has 1 aliphatic rings. The lowest BCUT2D eigenvalue weighted by molar-refractivity contribution is 0.168. The monoisotopic (exact) mass is 363 g/mol. The molecular weight excluding hydrogens is 342 g/mol. The van der Waals surface area contributed by atoms with Crippen LogP contribution in [0.4, 0.5) is 4.79 Å². The molecule has 134 valence electrons. The number of urea groups is 1. The topological polar surface area (TPSA) is 55.7 Å². The van der Waals surface area contributed by atoms with Crippen LogP contribution in [-0.2, 0) is 6.54 Å². The highest BCUT2D eigenvalue weighted by Gasteiger charge is 2.34. The van der Waals surface area contributed by atoms with Gasteiger partial charge in [0.05, 0.1) is 14.2 Å². The van der Waals surface area contributed by atoms with Gasteiger partial charge in [-0.05, 0) is 30.3 Å². The third-order valence-corrected chi connectivity index (χ3v) is 4.59. The molecule has 6 nitrogen and oxygen atoms in total. The molecule has 0 bridgehead atoms. The molecule has 1 N–H and O–H groups in total. The van der Waals surface area contributed by atoms with Crippen LogP contribution in [-0.4, -0.2) is 48.7 Å². The summed E-state index contributed by atoms with van der Waals surface area (Å²) in [5.74, 6) is 1.82. The number of hydrogen-bond acceptors (Lipinski definition) is 3. The summed E-state index contributed by atoms with van der Waals surface area (Å²) in [6.07, 6.45) is 2.03. The normalized spacial score (nSPS) is 16.3. The maximum absolute atomic E-state index is 12.7. The first-order valence-corrected chi connectivity index (χ1v) is 8.70. The summed E-state index contributed by atoms with van der Waals surface area (Å²) in [5, 5.41) is 2.86. The standard InChI is InChI=1S/C18H22ClN3O3/c1-24-13-5-6-16(25-2)14(12-13)17-15-4-3-9-21(15)10-11-22(17)18(23)20-8-7-19/h3-6,9,12,17H,7-8,10-11H2,1-2H3,(H,20,23)/t17-/m1/s1. The molecule has 0 fully saturated rings. The van der Waals surface area contributed by atoms with Gasteiger partial charge in [0.1, 0.15) is 17.5 Å². The van der Waals surface area contributed by atoms with Crippen LogP contribution in [0.15, 0.2) is 36.5 Å². The minimum atomic E-state index is -0.260. The van der Waals surface area contributed by atoms with E-state index >= 15 is 0 Å². The van der Waals surface area contributed by atoms with E-state index in [0.29, 0.717) is 19.0 Å². The zero-order valence-corrected chi connectivity index (χ0v) is 15.1. The second-order valence-corrected chi connectivity index (χ2v) is 6.13. The quantitative estimate of drug-likeness (QED) is 0.831. The van der Waals surface area contributed by atoms with E-state index < -0.39 is 0 Å². The van der Waals surface area contributed by atoms with Gasteiger partial charge in [0.25, 0.3) is 0 Å². The molecule has 1 aliphatic heterocycles. The lowest BCUT2D eigenvalue weighted by Gasteiger charge is -2.37. The summed E-state index contributed by atoms with van der Waals surface area (Å²) in [4.78, 5) is 14.5. The zero-order chi connectivity index (χ0) is 17.8. The Kier molecular flexibility index (Phi) is 5.38. The van der Waals surface area contributed by atoms with Crippen LogP contribution in [0.3, 0.4) is 0 Å². The van der Waals surface area contributed by atoms with E-state index in [-0.39, 0.29) is 12.1 Å². The van der Waals surface area contributed by atoms with E-state index in [9.17, 15) is 4.79 Å². The second kappa shape index (κ2) is 7.70. The van der Waals surface area contributed by atoms with Gasteiger partial charge in [0, 0.05) is 43.0 Å². The molecule has 0 aliphatic carbocycles. The Morgan fingerprint density at radius 2 is 2.12 bits per heavy atom. The van der Waals surface area contributed by atoms with E-state index in [1.54, 1.807) is 14.2 Å². The molecule has 7 heteroatoms. The molecule has 0 saturated carbocycles. The summed E-state index contributed by atoms with van der Waals surface area (Å²) < 4.78 is 13.1. The maximum atomic E-state index is 12.7. The van der Waals surface area contributed by atoms with Crippen molar-refractivity contribution in [1.82, 2.24) is 14.8 Å². The van der Waals surface area contributed by atoms with Gasteiger partial charge in [-0.1, -0.05) is 0 Å². The number of ether oxygens (including phenoxy) is 2. The van der Waals surface area contributed by atoms with Gasteiger partial charge in [-0.2, -0.15) is 0 Å². The number of carbonyl (C=O) groups is 1. The molecule has 0 unspecified atom stereocenters. The van der Waals surface area contributed by atoms with Crippen LogP contribution < -0.4 is 14.8 Å². The fraction of sp³-hybridized carbons (Fsp3) is 0.389. The summed E-state index contributed by atoms with van der Waals surface area (Å²) in [7, 11) is 3.26. The van der Waals surface area contributed by atoms with Crippen molar-refractivity contribution in [3.05, 3.63) is 47.8 Å². The van der Waals surface area contributed by atoms with Crippen molar-refractivity contribution >= 4 is 17.6 Å². The molecule has 0 spiro atoms. The molecule has 1 atom stereocenters. The number of fused-ring (bicyclic) bond motifs is 1. The van der Waals surface area contributed by atoms with Gasteiger partial charge in [-0.25, -0.2) is 4.79 Å². The highest BCUT2D eigenvalue weighted by molar-refractivity contribution is 6.18. The van der Waals surface area contributed by atoms with E-state index in [4.69, 9.17) is 21.1 Å². The van der Waals surface area contributed by atoms with Crippen molar-refractivity contribution in [3.63, 3.8) is 0 Å². The van der Waals surface area contributed by atoms with Gasteiger partial charge in [-0.3, -0.25) is 0 Å². The Bertz CT molecular complexity index is 747. The van der Waals surface area contributed by atoms with E-state index in [1.807, 2.05) is 41.4 Å². The van der Waals surface area contributed by atoms with Crippen molar-refractivity contribution in [3.8, 4) is 11.5 Å². The summed E-state index contributed by atoms with van der Waals surface area (Å²) in [6, 6.07) is 9.27. The number of benzene rings is 1. The van der Waals surface area contributed by atoms with Gasteiger partial charge in [-0.15, -0.1) is 11.6 Å². The SMILES string of the molecule is COc1ccc(OC)c([C@@H]2c3cccn3CCN2C(=O)NCCCl)c1. The number of amides is 2. The highest BCUT2D eigenvalue weighted by atomic mass is 35.5. The summed E-state index contributed by atoms with van der Waals surface area (Å²) >= 11 is 5.71. The molecule has 3 rings (SSSR count). The van der Waals surface area contributed by atoms with Crippen LogP contribution in [0.1, 0.15) is 17.3 Å². The number of methoxy groups -OCH3 is 2. The van der Waals surface area contributed by atoms with Crippen LogP contribution in [0, 0.1) is 0 Å². The first-order valence-electron chi connectivity index (χ1n) is 8.17. The predicted octanol–water partition coefficient (Wildman–Crippen LogP) is 2.86. The number of hydrogen-bond donors (Lipinski definition) is 1. The molecular formula is C18H22ClN3O3. The maximum Gasteiger partial charge on any atom is 0.318 e. The van der Waals surface area contributed by atoms with Crippen LogP contribution in [0.5, 0.6) is 11.5 Å². The fourth-order valence-electron chi connectivity index (χ4n) is 3.24. The lowest BCUT2D eigenvalue weighted by atomic mass is 9.98. The van der Waals surface area contributed by atoms with Gasteiger partial charge < -0.3 is 24.3 Å². The largest absolute Gasteiger partial charge is 0.497 e. The number of nitrogens with one attached hydrogen (secondary N) is 1. The Labute approximate surface area is 152 Å². The Morgan fingerprint density at radius 3 is 2.84 bits per heavy atom. The van der Waals surface area contributed by atoms with E-state index in [0.717, 1.165) is 29.3 Å². The van der Waals surface area contributed by atoms with E-state index in [2.05, 4.69) is 9.88 Å². The van der Waals surface area contributed by atoms with Gasteiger partial charge >= 0.3 is 6.03 Å². The average Bonchev–Trinajstić information content (AvgIpc) is 3.13. The number of aromatic nitrogens is 1. The summed E-state index contributed by atoms with van der Waals surface area (Å²) in [6.45, 7) is 1.78. The second-order valence-electron chi connectivity index (χ2n) is 5.75. The first kappa shape index (κ1) is 17.5. The Morgan fingerprint density at radius 1 is 1.28 bits per heavy atom. The molecule has 2 amide bonds. The fourth-order valence-corrected chi connectivity index (χ4v) is 3.33. The van der Waals surface area contributed by atoms with Crippen molar-refractivity contribution in [2.24, 2.45) is 0 Å². The predicted molar refractivity (Wildman–Crippen MR) is 96.6 cm³/mol.